The number of nitrogens with zero attached hydrogens (tertiary/aromatic N) is 4. The number of carbonyl (C=O) groups is 3. The summed E-state index contributed by atoms with van der Waals surface area (Å²) in [5.41, 5.74) is 6.01. The maximum absolute atomic E-state index is 13.6. The monoisotopic (exact) mass is 776 g/mol. The second-order valence-electron chi connectivity index (χ2n) is 16.0. The Hall–Kier alpha value is -5.43. The molecule has 13 heteroatoms. The number of aromatic nitrogens is 4. The molecule has 57 heavy (non-hydrogen) atoms. The number of hydrogen-bond donors (Lipinski definition) is 4. The molecule has 13 nitrogen and oxygen atoms in total. The Kier molecular flexibility index (Phi) is 12.1. The number of methoxy groups -OCH3 is 2. The molecule has 2 unspecified atom stereocenters. The largest absolute Gasteiger partial charge is 0.453 e. The highest BCUT2D eigenvalue weighted by Crippen LogP contribution is 2.36. The summed E-state index contributed by atoms with van der Waals surface area (Å²) in [6.07, 6.45) is 5.81. The lowest BCUT2D eigenvalue weighted by molar-refractivity contribution is -0.135. The first-order chi connectivity index (χ1) is 27.6. The zero-order valence-electron chi connectivity index (χ0n) is 33.9. The Morgan fingerprint density at radius 3 is 2.26 bits per heavy atom. The van der Waals surface area contributed by atoms with Crippen molar-refractivity contribution in [3.8, 4) is 22.4 Å². The van der Waals surface area contributed by atoms with Gasteiger partial charge in [0.2, 0.25) is 5.91 Å². The minimum absolute atomic E-state index is 0.0972. The normalized spacial score (nSPS) is 18.9. The van der Waals surface area contributed by atoms with Crippen molar-refractivity contribution in [1.29, 1.82) is 0 Å². The van der Waals surface area contributed by atoms with Gasteiger partial charge in [-0.05, 0) is 96.1 Å². The third kappa shape index (κ3) is 8.63. The first-order valence-corrected chi connectivity index (χ1v) is 20.4. The van der Waals surface area contributed by atoms with Crippen LogP contribution >= 0.6 is 0 Å². The van der Waals surface area contributed by atoms with E-state index in [0.29, 0.717) is 24.9 Å². The molecule has 0 aliphatic carbocycles. The fraction of sp³-hybridized carbons (Fsp3) is 0.477. The predicted octanol–water partition coefficient (Wildman–Crippen LogP) is 7.97. The molecule has 2 fully saturated rings. The summed E-state index contributed by atoms with van der Waals surface area (Å²) in [7, 11) is 2.70. The molecule has 0 bridgehead atoms. The van der Waals surface area contributed by atoms with Crippen molar-refractivity contribution in [2.45, 2.75) is 77.9 Å². The van der Waals surface area contributed by atoms with Gasteiger partial charge in [0, 0.05) is 25.2 Å². The number of carbonyl (C=O) groups excluding carboxylic acids is 3. The van der Waals surface area contributed by atoms with Crippen molar-refractivity contribution in [1.82, 2.24) is 40.4 Å². The number of hydrogen-bond acceptors (Lipinski definition) is 8. The summed E-state index contributed by atoms with van der Waals surface area (Å²) in [6.45, 7) is 11.4. The minimum atomic E-state index is -0.680. The maximum Gasteiger partial charge on any atom is 0.407 e. The van der Waals surface area contributed by atoms with E-state index in [4.69, 9.17) is 19.4 Å². The van der Waals surface area contributed by atoms with Crippen molar-refractivity contribution in [2.24, 2.45) is 17.8 Å². The van der Waals surface area contributed by atoms with Gasteiger partial charge in [-0.25, -0.2) is 19.6 Å². The first kappa shape index (κ1) is 39.8. The highest BCUT2D eigenvalue weighted by Gasteiger charge is 2.38. The predicted molar refractivity (Wildman–Crippen MR) is 221 cm³/mol. The van der Waals surface area contributed by atoms with E-state index in [2.05, 4.69) is 87.9 Å². The zero-order chi connectivity index (χ0) is 40.2. The smallest absolute Gasteiger partial charge is 0.407 e. The fourth-order valence-electron chi connectivity index (χ4n) is 8.53. The molecule has 4 N–H and O–H groups in total. The van der Waals surface area contributed by atoms with E-state index in [-0.39, 0.29) is 30.0 Å². The fourth-order valence-corrected chi connectivity index (χ4v) is 8.53. The van der Waals surface area contributed by atoms with Crippen LogP contribution in [0.4, 0.5) is 9.59 Å². The Bertz CT molecular complexity index is 2210. The molecule has 3 aromatic carbocycles. The van der Waals surface area contributed by atoms with E-state index in [9.17, 15) is 14.4 Å². The summed E-state index contributed by atoms with van der Waals surface area (Å²) < 4.78 is 9.61. The number of benzene rings is 3. The van der Waals surface area contributed by atoms with Crippen LogP contribution in [0.15, 0.2) is 60.8 Å². The molecule has 2 aliphatic heterocycles. The van der Waals surface area contributed by atoms with Crippen molar-refractivity contribution < 1.29 is 23.9 Å². The summed E-state index contributed by atoms with van der Waals surface area (Å²) in [6, 6.07) is 18.6. The van der Waals surface area contributed by atoms with E-state index in [0.717, 1.165) is 101 Å². The van der Waals surface area contributed by atoms with Gasteiger partial charge in [0.15, 0.2) is 0 Å². The number of rotatable bonds is 13. The van der Waals surface area contributed by atoms with Gasteiger partial charge in [-0.3, -0.25) is 9.69 Å². The minimum Gasteiger partial charge on any atom is -0.453 e. The van der Waals surface area contributed by atoms with E-state index >= 15 is 0 Å². The number of amides is 3. The molecule has 4 heterocycles. The Morgan fingerprint density at radius 1 is 0.842 bits per heavy atom. The average molecular weight is 777 g/mol. The topological polar surface area (TPSA) is 158 Å². The van der Waals surface area contributed by atoms with Gasteiger partial charge >= 0.3 is 12.2 Å². The van der Waals surface area contributed by atoms with E-state index < -0.39 is 12.1 Å². The average Bonchev–Trinajstić information content (AvgIpc) is 4.06. The third-order valence-corrected chi connectivity index (χ3v) is 12.1. The molecule has 5 atom stereocenters. The van der Waals surface area contributed by atoms with Crippen molar-refractivity contribution in [2.75, 3.05) is 40.4 Å². The lowest BCUT2D eigenvalue weighted by Crippen LogP contribution is -2.51. The molecule has 0 spiro atoms. The number of H-pyrrole nitrogens is 2. The lowest BCUT2D eigenvalue weighted by Gasteiger charge is -2.31. The van der Waals surface area contributed by atoms with Crippen LogP contribution in [0.1, 0.15) is 83.5 Å². The Labute approximate surface area is 334 Å². The van der Waals surface area contributed by atoms with Crippen molar-refractivity contribution in [3.05, 3.63) is 72.4 Å². The molecule has 3 amide bonds. The Balaban J connectivity index is 1.05. The molecular weight excluding hydrogens is 721 g/mol. The van der Waals surface area contributed by atoms with Gasteiger partial charge in [0.25, 0.3) is 0 Å². The molecule has 7 rings (SSSR count). The van der Waals surface area contributed by atoms with E-state index in [1.807, 2.05) is 31.0 Å². The van der Waals surface area contributed by atoms with Crippen LogP contribution in [-0.4, -0.2) is 94.3 Å². The zero-order valence-corrected chi connectivity index (χ0v) is 33.9. The van der Waals surface area contributed by atoms with Crippen LogP contribution in [0.3, 0.4) is 0 Å². The molecular formula is C44H56N8O5. The van der Waals surface area contributed by atoms with Crippen molar-refractivity contribution >= 4 is 39.9 Å². The summed E-state index contributed by atoms with van der Waals surface area (Å²) in [5.74, 6) is 2.30. The number of nitrogens with one attached hydrogen (secondary N) is 4. The maximum atomic E-state index is 13.6. The van der Waals surface area contributed by atoms with E-state index in [1.54, 1.807) is 0 Å². The third-order valence-electron chi connectivity index (χ3n) is 12.1. The molecule has 2 aliphatic rings. The number of fused-ring (bicyclic) bond motifs is 2. The second kappa shape index (κ2) is 17.4. The van der Waals surface area contributed by atoms with Crippen LogP contribution in [0.2, 0.25) is 0 Å². The molecule has 5 aromatic rings. The summed E-state index contributed by atoms with van der Waals surface area (Å²) >= 11 is 0. The molecule has 0 saturated carbocycles. The van der Waals surface area contributed by atoms with E-state index in [1.165, 1.54) is 14.2 Å². The Morgan fingerprint density at radius 2 is 1.53 bits per heavy atom. The highest BCUT2D eigenvalue weighted by molar-refractivity contribution is 5.92. The van der Waals surface area contributed by atoms with Crippen LogP contribution < -0.4 is 10.6 Å². The van der Waals surface area contributed by atoms with Crippen LogP contribution in [0.25, 0.3) is 44.2 Å². The number of alkyl carbamates (subject to hydrolysis) is 2. The number of ether oxygens (including phenoxy) is 2. The van der Waals surface area contributed by atoms with Gasteiger partial charge in [-0.2, -0.15) is 0 Å². The number of aromatic amines is 2. The molecule has 2 saturated heterocycles. The standard InChI is InChI=1S/C44H56N8O5/c1-7-27(4)33(23-46-43(54)56-5)25-51-18-8-10-37(51)40-45-24-36(49-40)32-15-14-28-20-29(12-13-30(28)21-32)31-16-17-34-35(22-31)48-41(47-34)38-11-9-19-52(38)42(53)39(26(2)3)50-44(55)57-6/h12-17,20-22,24,26-27,33,37-39H,7-11,18-19,23,25H2,1-6H3,(H,45,49)(H,46,54)(H,47,48)(H,50,55)/t27?,33?,37-,38-,39-/m0/s1. The van der Waals surface area contributed by atoms with Gasteiger partial charge in [-0.1, -0.05) is 64.4 Å². The first-order valence-electron chi connectivity index (χ1n) is 20.4. The number of imidazole rings is 2. The highest BCUT2D eigenvalue weighted by atomic mass is 16.5. The van der Waals surface area contributed by atoms with Gasteiger partial charge in [-0.15, -0.1) is 0 Å². The van der Waals surface area contributed by atoms with Gasteiger partial charge in [0.1, 0.15) is 17.7 Å². The molecule has 302 valence electrons. The SMILES string of the molecule is CCC(C)C(CNC(=O)OC)CN1CCC[C@H]1c1ncc(-c2ccc3cc(-c4ccc5nc([C@@H]6CCCN6C(=O)[C@@H](NC(=O)OC)C(C)C)[nH]c5c4)ccc3c2)[nH]1. The molecule has 2 aromatic heterocycles. The van der Waals surface area contributed by atoms with Crippen molar-refractivity contribution in [3.63, 3.8) is 0 Å². The van der Waals surface area contributed by atoms with Gasteiger partial charge < -0.3 is 35.0 Å². The lowest BCUT2D eigenvalue weighted by atomic mass is 9.91. The molecule has 0 radical (unpaired) electrons. The quantitative estimate of drug-likeness (QED) is 0.0938. The van der Waals surface area contributed by atoms with Crippen LogP contribution in [0.5, 0.6) is 0 Å². The second-order valence-corrected chi connectivity index (χ2v) is 16.0. The van der Waals surface area contributed by atoms with Crippen LogP contribution in [0, 0.1) is 17.8 Å². The van der Waals surface area contributed by atoms with Crippen LogP contribution in [-0.2, 0) is 14.3 Å². The van der Waals surface area contributed by atoms with Gasteiger partial charge in [0.05, 0.1) is 49.2 Å². The number of likely N-dealkylation sites (tertiary alicyclic amines) is 2. The summed E-state index contributed by atoms with van der Waals surface area (Å²) in [4.78, 5) is 58.8. The summed E-state index contributed by atoms with van der Waals surface area (Å²) in [5, 5.41) is 7.92.